The highest BCUT2D eigenvalue weighted by Crippen LogP contribution is 2.27. The lowest BCUT2D eigenvalue weighted by Crippen LogP contribution is -2.22. The summed E-state index contributed by atoms with van der Waals surface area (Å²) in [5, 5.41) is 3.30. The normalized spacial score (nSPS) is 10.8. The smallest absolute Gasteiger partial charge is 0.165 e. The number of hydrogen-bond donors (Lipinski definition) is 1. The summed E-state index contributed by atoms with van der Waals surface area (Å²) in [7, 11) is 0. The van der Waals surface area contributed by atoms with Crippen molar-refractivity contribution in [2.45, 2.75) is 33.4 Å². The van der Waals surface area contributed by atoms with Crippen LogP contribution in [0.1, 0.15) is 25.0 Å². The van der Waals surface area contributed by atoms with Crippen molar-refractivity contribution in [2.24, 2.45) is 0 Å². The van der Waals surface area contributed by atoms with Gasteiger partial charge < -0.3 is 10.1 Å². The van der Waals surface area contributed by atoms with Crippen molar-refractivity contribution < 1.29 is 9.13 Å². The van der Waals surface area contributed by atoms with E-state index in [-0.39, 0.29) is 11.6 Å². The summed E-state index contributed by atoms with van der Waals surface area (Å²) < 4.78 is 19.4. The van der Waals surface area contributed by atoms with Crippen molar-refractivity contribution in [1.29, 1.82) is 0 Å². The topological polar surface area (TPSA) is 34.1 Å². The number of pyridine rings is 1. The number of benzene rings is 1. The van der Waals surface area contributed by atoms with Crippen molar-refractivity contribution >= 4 is 0 Å². The van der Waals surface area contributed by atoms with Gasteiger partial charge in [-0.2, -0.15) is 0 Å². The minimum absolute atomic E-state index is 0.238. The predicted molar refractivity (Wildman–Crippen MR) is 77.4 cm³/mol. The molecule has 0 saturated heterocycles. The maximum absolute atomic E-state index is 13.7. The van der Waals surface area contributed by atoms with Gasteiger partial charge in [0.25, 0.3) is 0 Å². The van der Waals surface area contributed by atoms with E-state index in [1.807, 2.05) is 6.92 Å². The van der Waals surface area contributed by atoms with Crippen LogP contribution < -0.4 is 10.1 Å². The molecule has 3 nitrogen and oxygen atoms in total. The number of aryl methyl sites for hydroxylation is 1. The van der Waals surface area contributed by atoms with E-state index < -0.39 is 0 Å². The minimum Gasteiger partial charge on any atom is -0.454 e. The molecule has 20 heavy (non-hydrogen) atoms. The Morgan fingerprint density at radius 3 is 2.80 bits per heavy atom. The highest BCUT2D eigenvalue weighted by Gasteiger charge is 2.09. The molecule has 0 radical (unpaired) electrons. The third kappa shape index (κ3) is 3.78. The lowest BCUT2D eigenvalue weighted by Gasteiger charge is -2.13. The second kappa shape index (κ2) is 6.48. The maximum Gasteiger partial charge on any atom is 0.165 e. The number of nitrogens with zero attached hydrogens (tertiary/aromatic N) is 1. The van der Waals surface area contributed by atoms with Crippen molar-refractivity contribution in [2.75, 3.05) is 0 Å². The number of nitrogens with one attached hydrogen (secondary N) is 1. The number of aromatic nitrogens is 1. The van der Waals surface area contributed by atoms with Gasteiger partial charge in [0.1, 0.15) is 5.75 Å². The molecule has 0 saturated carbocycles. The molecule has 0 amide bonds. The van der Waals surface area contributed by atoms with Gasteiger partial charge in [-0.15, -0.1) is 0 Å². The maximum atomic E-state index is 13.7. The van der Waals surface area contributed by atoms with Crippen LogP contribution in [0.3, 0.4) is 0 Å². The molecule has 0 bridgehead atoms. The molecular weight excluding hydrogens is 255 g/mol. The molecule has 1 heterocycles. The van der Waals surface area contributed by atoms with Crippen LogP contribution in [0.4, 0.5) is 4.39 Å². The predicted octanol–water partition coefficient (Wildman–Crippen LogP) is 3.82. The van der Waals surface area contributed by atoms with E-state index in [0.717, 1.165) is 11.1 Å². The summed E-state index contributed by atoms with van der Waals surface area (Å²) in [6, 6.07) is 6.93. The Morgan fingerprint density at radius 2 is 2.05 bits per heavy atom. The summed E-state index contributed by atoms with van der Waals surface area (Å²) in [5.74, 6) is 0.495. The first-order valence-electron chi connectivity index (χ1n) is 6.66. The van der Waals surface area contributed by atoms with Gasteiger partial charge in [0.15, 0.2) is 11.6 Å². The van der Waals surface area contributed by atoms with Crippen molar-refractivity contribution in [3.63, 3.8) is 0 Å². The molecule has 1 N–H and O–H groups in total. The molecule has 0 fully saturated rings. The van der Waals surface area contributed by atoms with Crippen molar-refractivity contribution in [1.82, 2.24) is 10.3 Å². The second-order valence-corrected chi connectivity index (χ2v) is 5.05. The Bertz CT molecular complexity index is 584. The minimum atomic E-state index is -0.366. The van der Waals surface area contributed by atoms with Gasteiger partial charge in [0.2, 0.25) is 0 Å². The average Bonchev–Trinajstić information content (AvgIpc) is 2.42. The first-order chi connectivity index (χ1) is 9.56. The van der Waals surface area contributed by atoms with E-state index in [2.05, 4.69) is 24.1 Å². The zero-order valence-electron chi connectivity index (χ0n) is 12.0. The molecule has 0 aliphatic rings. The first kappa shape index (κ1) is 14.5. The molecule has 0 unspecified atom stereocenters. The fourth-order valence-electron chi connectivity index (χ4n) is 1.77. The van der Waals surface area contributed by atoms with Crippen LogP contribution in [0.25, 0.3) is 0 Å². The summed E-state index contributed by atoms with van der Waals surface area (Å²) >= 11 is 0. The fraction of sp³-hybridized carbons (Fsp3) is 0.312. The fourth-order valence-corrected chi connectivity index (χ4v) is 1.77. The standard InChI is InChI=1S/C16H19FN2O/c1-11(2)19-10-13-9-18-7-6-15(13)20-16-8-12(3)4-5-14(16)17/h4-9,11,19H,10H2,1-3H3. The first-order valence-corrected chi connectivity index (χ1v) is 6.66. The van der Waals surface area contributed by atoms with Crippen molar-refractivity contribution in [3.05, 3.63) is 53.6 Å². The summed E-state index contributed by atoms with van der Waals surface area (Å²) in [4.78, 5) is 4.09. The highest BCUT2D eigenvalue weighted by molar-refractivity contribution is 5.38. The van der Waals surface area contributed by atoms with Gasteiger partial charge in [-0.25, -0.2) is 4.39 Å². The van der Waals surface area contributed by atoms with Crippen LogP contribution in [0.15, 0.2) is 36.7 Å². The second-order valence-electron chi connectivity index (χ2n) is 5.05. The van der Waals surface area contributed by atoms with Crippen LogP contribution in [0, 0.1) is 12.7 Å². The summed E-state index contributed by atoms with van der Waals surface area (Å²) in [6.07, 6.45) is 3.38. The molecule has 0 aliphatic heterocycles. The Labute approximate surface area is 118 Å². The quantitative estimate of drug-likeness (QED) is 0.900. The Hall–Kier alpha value is -1.94. The van der Waals surface area contributed by atoms with E-state index in [1.54, 1.807) is 30.6 Å². The highest BCUT2D eigenvalue weighted by atomic mass is 19.1. The Morgan fingerprint density at radius 1 is 1.25 bits per heavy atom. The molecule has 2 aromatic rings. The zero-order valence-corrected chi connectivity index (χ0v) is 12.0. The van der Waals surface area contributed by atoms with E-state index in [0.29, 0.717) is 18.3 Å². The largest absolute Gasteiger partial charge is 0.454 e. The molecule has 1 aromatic carbocycles. The molecule has 0 atom stereocenters. The molecule has 4 heteroatoms. The van der Waals surface area contributed by atoms with E-state index in [4.69, 9.17) is 4.74 Å². The van der Waals surface area contributed by atoms with Crippen LogP contribution in [-0.2, 0) is 6.54 Å². The SMILES string of the molecule is Cc1ccc(F)c(Oc2ccncc2CNC(C)C)c1. The third-order valence-corrected chi connectivity index (χ3v) is 2.87. The molecule has 2 rings (SSSR count). The van der Waals surface area contributed by atoms with Gasteiger partial charge in [0.05, 0.1) is 0 Å². The van der Waals surface area contributed by atoms with Gasteiger partial charge in [-0.3, -0.25) is 4.98 Å². The van der Waals surface area contributed by atoms with E-state index in [9.17, 15) is 4.39 Å². The van der Waals surface area contributed by atoms with Crippen LogP contribution >= 0.6 is 0 Å². The lowest BCUT2D eigenvalue weighted by atomic mass is 10.2. The number of rotatable bonds is 5. The number of halogens is 1. The van der Waals surface area contributed by atoms with Crippen LogP contribution in [-0.4, -0.2) is 11.0 Å². The molecule has 106 valence electrons. The summed E-state index contributed by atoms with van der Waals surface area (Å²) in [5.41, 5.74) is 1.86. The van der Waals surface area contributed by atoms with Crippen LogP contribution in [0.5, 0.6) is 11.5 Å². The van der Waals surface area contributed by atoms with Gasteiger partial charge in [0, 0.05) is 30.5 Å². The van der Waals surface area contributed by atoms with Crippen molar-refractivity contribution in [3.8, 4) is 11.5 Å². The van der Waals surface area contributed by atoms with Gasteiger partial charge in [-0.05, 0) is 30.7 Å². The lowest BCUT2D eigenvalue weighted by molar-refractivity contribution is 0.433. The average molecular weight is 274 g/mol. The monoisotopic (exact) mass is 274 g/mol. The molecule has 0 aliphatic carbocycles. The number of ether oxygens (including phenoxy) is 1. The molecule has 1 aromatic heterocycles. The Kier molecular flexibility index (Phi) is 4.69. The summed E-state index contributed by atoms with van der Waals surface area (Å²) in [6.45, 7) is 6.67. The van der Waals surface area contributed by atoms with Crippen LogP contribution in [0.2, 0.25) is 0 Å². The van der Waals surface area contributed by atoms with E-state index in [1.165, 1.54) is 6.07 Å². The Balaban J connectivity index is 2.22. The van der Waals surface area contributed by atoms with Gasteiger partial charge >= 0.3 is 0 Å². The number of hydrogen-bond acceptors (Lipinski definition) is 3. The molecule has 0 spiro atoms. The van der Waals surface area contributed by atoms with Gasteiger partial charge in [-0.1, -0.05) is 19.9 Å². The third-order valence-electron chi connectivity index (χ3n) is 2.87. The zero-order chi connectivity index (χ0) is 14.5. The molecular formula is C16H19FN2O. The van der Waals surface area contributed by atoms with E-state index >= 15 is 0 Å².